The molecule has 3 N–H and O–H groups in total. The fourth-order valence-corrected chi connectivity index (χ4v) is 5.23. The van der Waals surface area contributed by atoms with Crippen LogP contribution in [0, 0.1) is 0 Å². The van der Waals surface area contributed by atoms with Crippen LogP contribution in [-0.2, 0) is 13.1 Å². The van der Waals surface area contributed by atoms with Gasteiger partial charge in [0.05, 0.1) is 17.6 Å². The summed E-state index contributed by atoms with van der Waals surface area (Å²) in [5, 5.41) is 0. The van der Waals surface area contributed by atoms with Gasteiger partial charge in [0.1, 0.15) is 0 Å². The van der Waals surface area contributed by atoms with Gasteiger partial charge in [-0.1, -0.05) is 72.8 Å². The third-order valence-electron chi connectivity index (χ3n) is 7.38. The predicted molar refractivity (Wildman–Crippen MR) is 161 cm³/mol. The van der Waals surface area contributed by atoms with Crippen LogP contribution in [0.3, 0.4) is 0 Å². The number of benzene rings is 3. The number of para-hydroxylation sites is 2. The normalized spacial score (nSPS) is 15.5. The summed E-state index contributed by atoms with van der Waals surface area (Å²) in [6.45, 7) is 6.15. The van der Waals surface area contributed by atoms with Crippen LogP contribution in [0.4, 0.5) is 0 Å². The highest BCUT2D eigenvalue weighted by Crippen LogP contribution is 2.24. The fourth-order valence-electron chi connectivity index (χ4n) is 5.23. The molecule has 0 bridgehead atoms. The number of aliphatic imine (C=N–C) groups is 1. The highest BCUT2D eigenvalue weighted by atomic mass is 32.1. The van der Waals surface area contributed by atoms with E-state index in [1.165, 1.54) is 11.1 Å². The molecule has 1 saturated heterocycles. The third kappa shape index (κ3) is 6.49. The number of rotatable bonds is 8. The van der Waals surface area contributed by atoms with E-state index in [-0.39, 0.29) is 31.3 Å². The van der Waals surface area contributed by atoms with Gasteiger partial charge in [0, 0.05) is 38.3 Å². The zero-order valence-electron chi connectivity index (χ0n) is 22.0. The fraction of sp³-hybridized carbons (Fsp3) is 0.333. The number of fused-ring (bicyclic) bond motifs is 1. The number of aromatic nitrogens is 2. The van der Waals surface area contributed by atoms with Crippen LogP contribution in [0.5, 0.6) is 0 Å². The number of hydrogen-bond donors (Lipinski definition) is 2. The number of imidazole rings is 1. The molecule has 200 valence electrons. The van der Waals surface area contributed by atoms with Crippen molar-refractivity contribution in [3.63, 3.8) is 0 Å². The Morgan fingerprint density at radius 1 is 0.947 bits per heavy atom. The summed E-state index contributed by atoms with van der Waals surface area (Å²) in [7, 11) is 0. The Labute approximate surface area is 231 Å². The summed E-state index contributed by atoms with van der Waals surface area (Å²) in [5.41, 5.74) is 10.9. The van der Waals surface area contributed by atoms with Gasteiger partial charge in [-0.3, -0.25) is 14.5 Å². The number of guanidine groups is 1. The maximum Gasteiger partial charge on any atom is 0.326 e. The average Bonchev–Trinajstić information content (AvgIpc) is 3.28. The number of hydrogen-bond acceptors (Lipinski definition) is 3. The first kappa shape index (κ1) is 27.5. The summed E-state index contributed by atoms with van der Waals surface area (Å²) >= 11 is 0. The van der Waals surface area contributed by atoms with E-state index in [1.54, 1.807) is 0 Å². The summed E-state index contributed by atoms with van der Waals surface area (Å²) in [6.07, 6.45) is 1.73. The van der Waals surface area contributed by atoms with E-state index in [0.717, 1.165) is 50.1 Å². The van der Waals surface area contributed by atoms with Gasteiger partial charge in [0.25, 0.3) is 0 Å². The minimum Gasteiger partial charge on any atom is -0.370 e. The molecule has 3 aromatic carbocycles. The summed E-state index contributed by atoms with van der Waals surface area (Å²) in [5.74, 6) is 0.593. The molecule has 7 nitrogen and oxygen atoms in total. The quantitative estimate of drug-likeness (QED) is 0.260. The maximum absolute atomic E-state index is 12.6. The van der Waals surface area contributed by atoms with Crippen molar-refractivity contribution in [2.24, 2.45) is 10.7 Å². The molecule has 2 heterocycles. The molecule has 0 unspecified atom stereocenters. The number of H-pyrrole nitrogens is 1. The van der Waals surface area contributed by atoms with E-state index in [2.05, 4.69) is 82.4 Å². The van der Waals surface area contributed by atoms with Gasteiger partial charge in [-0.15, -0.1) is 0 Å². The molecule has 0 amide bonds. The first-order chi connectivity index (χ1) is 18.1. The average molecular weight is 531 g/mol. The van der Waals surface area contributed by atoms with Crippen LogP contribution < -0.4 is 11.4 Å². The maximum atomic E-state index is 12.6. The number of aromatic amines is 1. The van der Waals surface area contributed by atoms with Crippen molar-refractivity contribution in [1.82, 2.24) is 19.4 Å². The van der Waals surface area contributed by atoms with E-state index >= 15 is 0 Å². The van der Waals surface area contributed by atoms with E-state index in [4.69, 9.17) is 10.7 Å². The zero-order valence-corrected chi connectivity index (χ0v) is 23.0. The number of nitrogens with two attached hydrogens (primary N) is 1. The second-order valence-corrected chi connectivity index (χ2v) is 9.96. The Kier molecular flexibility index (Phi) is 9.31. The van der Waals surface area contributed by atoms with E-state index in [1.807, 2.05) is 28.8 Å². The molecule has 38 heavy (non-hydrogen) atoms. The lowest BCUT2D eigenvalue weighted by molar-refractivity contribution is 0.194. The number of nitrogens with zero attached hydrogens (tertiary/aromatic N) is 4. The minimum absolute atomic E-state index is 0. The van der Waals surface area contributed by atoms with Gasteiger partial charge >= 0.3 is 5.69 Å². The Hall–Kier alpha value is -3.49. The Balaban J connectivity index is 0.00000336. The highest BCUT2D eigenvalue weighted by Gasteiger charge is 2.24. The smallest absolute Gasteiger partial charge is 0.326 e. The molecule has 1 atom stereocenters. The molecule has 4 aromatic rings. The van der Waals surface area contributed by atoms with Crippen LogP contribution in [0.15, 0.2) is 94.7 Å². The van der Waals surface area contributed by atoms with Crippen LogP contribution >= 0.6 is 13.5 Å². The van der Waals surface area contributed by atoms with Crippen molar-refractivity contribution >= 4 is 30.5 Å². The largest absolute Gasteiger partial charge is 0.370 e. The molecule has 8 heteroatoms. The molecule has 0 spiro atoms. The van der Waals surface area contributed by atoms with Crippen LogP contribution in [0.2, 0.25) is 0 Å². The number of nitrogens with one attached hydrogen (secondary N) is 1. The lowest BCUT2D eigenvalue weighted by Gasteiger charge is -2.33. The van der Waals surface area contributed by atoms with Crippen LogP contribution in [0.25, 0.3) is 11.0 Å². The van der Waals surface area contributed by atoms with Gasteiger partial charge in [0.2, 0.25) is 0 Å². The molecule has 0 radical (unpaired) electrons. The molecule has 5 rings (SSSR count). The van der Waals surface area contributed by atoms with Crippen molar-refractivity contribution in [3.05, 3.63) is 107 Å². The second kappa shape index (κ2) is 12.8. The van der Waals surface area contributed by atoms with Gasteiger partial charge in [0.15, 0.2) is 5.96 Å². The lowest BCUT2D eigenvalue weighted by Crippen LogP contribution is -2.45. The SMILES string of the molecule is C[C@@H](CN=C(N)N1CCC(n2c(=O)[nH]c3ccccc32)CC1)N(Cc1ccccc1)Cc1ccccc1.S. The molecule has 1 aromatic heterocycles. The molecule has 0 saturated carbocycles. The summed E-state index contributed by atoms with van der Waals surface area (Å²) in [6, 6.07) is 29.4. The van der Waals surface area contributed by atoms with Crippen molar-refractivity contribution in [3.8, 4) is 0 Å². The van der Waals surface area contributed by atoms with Crippen molar-refractivity contribution in [2.75, 3.05) is 19.6 Å². The monoisotopic (exact) mass is 530 g/mol. The van der Waals surface area contributed by atoms with E-state index < -0.39 is 0 Å². The summed E-state index contributed by atoms with van der Waals surface area (Å²) in [4.78, 5) is 25.0. The minimum atomic E-state index is -0.0352. The number of piperidine rings is 1. The van der Waals surface area contributed by atoms with Crippen molar-refractivity contribution < 1.29 is 0 Å². The molecule has 1 aliphatic rings. The predicted octanol–water partition coefficient (Wildman–Crippen LogP) is 4.48. The topological polar surface area (TPSA) is 82.6 Å². The van der Waals surface area contributed by atoms with Crippen molar-refractivity contribution in [2.45, 2.75) is 44.9 Å². The van der Waals surface area contributed by atoms with Crippen molar-refractivity contribution in [1.29, 1.82) is 0 Å². The third-order valence-corrected chi connectivity index (χ3v) is 7.38. The summed E-state index contributed by atoms with van der Waals surface area (Å²) < 4.78 is 1.91. The van der Waals surface area contributed by atoms with Gasteiger partial charge in [-0.2, -0.15) is 13.5 Å². The second-order valence-electron chi connectivity index (χ2n) is 9.96. The standard InChI is InChI=1S/C30H36N6O.H2S/c1-23(35(21-24-10-4-2-5-11-24)22-25-12-6-3-7-13-25)20-32-29(31)34-18-16-26(17-19-34)36-28-15-9-8-14-27(28)33-30(36)37;/h2-15,23,26H,16-22H2,1H3,(H2,31,32)(H,33,37);1H2/t23-;/m0./s1. The first-order valence-corrected chi connectivity index (χ1v) is 13.1. The van der Waals surface area contributed by atoms with Gasteiger partial charge in [-0.25, -0.2) is 4.79 Å². The Morgan fingerprint density at radius 3 is 2.11 bits per heavy atom. The van der Waals surface area contributed by atoms with Gasteiger partial charge < -0.3 is 15.6 Å². The Morgan fingerprint density at radius 2 is 1.50 bits per heavy atom. The van der Waals surface area contributed by atoms with E-state index in [0.29, 0.717) is 12.5 Å². The molecule has 1 fully saturated rings. The molecule has 0 aliphatic carbocycles. The van der Waals surface area contributed by atoms with E-state index in [9.17, 15) is 4.79 Å². The molecular weight excluding hydrogens is 492 g/mol. The van der Waals surface area contributed by atoms with Gasteiger partial charge in [-0.05, 0) is 43.0 Å². The highest BCUT2D eigenvalue weighted by molar-refractivity contribution is 7.59. The number of likely N-dealkylation sites (tertiary alicyclic amines) is 1. The zero-order chi connectivity index (χ0) is 25.6. The molecular formula is C30H38N6OS. The molecule has 1 aliphatic heterocycles. The lowest BCUT2D eigenvalue weighted by atomic mass is 10.0. The first-order valence-electron chi connectivity index (χ1n) is 13.1. The Bertz CT molecular complexity index is 1330. The van der Waals surface area contributed by atoms with Crippen LogP contribution in [-0.4, -0.2) is 51.0 Å². The van der Waals surface area contributed by atoms with Crippen LogP contribution in [0.1, 0.15) is 36.9 Å².